The summed E-state index contributed by atoms with van der Waals surface area (Å²) in [6.07, 6.45) is 0. The number of anilines is 1. The molecule has 0 aliphatic carbocycles. The molecule has 28 heavy (non-hydrogen) atoms. The Morgan fingerprint density at radius 2 is 1.71 bits per heavy atom. The van der Waals surface area contributed by atoms with Crippen LogP contribution < -0.4 is 14.8 Å². The topological polar surface area (TPSA) is 47.6 Å². The number of halogens is 2. The van der Waals surface area contributed by atoms with Gasteiger partial charge in [0.2, 0.25) is 0 Å². The van der Waals surface area contributed by atoms with Crippen LogP contribution in [-0.4, -0.2) is 12.5 Å². The summed E-state index contributed by atoms with van der Waals surface area (Å²) in [7, 11) is 0. The summed E-state index contributed by atoms with van der Waals surface area (Å²) in [5.41, 5.74) is 1.70. The lowest BCUT2D eigenvalue weighted by Gasteiger charge is -2.13. The molecule has 0 bridgehead atoms. The average molecular weight is 400 g/mol. The SMILES string of the molecule is CCOc1ccc(C(=O)Nc2ccc(F)cc2)cc1COc1ccc(Cl)cc1. The Bertz CT molecular complexity index is 943. The van der Waals surface area contributed by atoms with Crippen molar-refractivity contribution in [2.75, 3.05) is 11.9 Å². The van der Waals surface area contributed by atoms with Crippen molar-refractivity contribution in [3.63, 3.8) is 0 Å². The normalized spacial score (nSPS) is 10.4. The number of hydrogen-bond donors (Lipinski definition) is 1. The van der Waals surface area contributed by atoms with Crippen LogP contribution in [0.15, 0.2) is 66.7 Å². The lowest BCUT2D eigenvalue weighted by molar-refractivity contribution is 0.102. The second-order valence-electron chi connectivity index (χ2n) is 5.96. The molecule has 4 nitrogen and oxygen atoms in total. The monoisotopic (exact) mass is 399 g/mol. The predicted octanol–water partition coefficient (Wildman–Crippen LogP) is 5.71. The minimum absolute atomic E-state index is 0.231. The van der Waals surface area contributed by atoms with Gasteiger partial charge in [0.15, 0.2) is 0 Å². The molecule has 0 fully saturated rings. The van der Waals surface area contributed by atoms with Gasteiger partial charge in [-0.3, -0.25) is 4.79 Å². The highest BCUT2D eigenvalue weighted by atomic mass is 35.5. The van der Waals surface area contributed by atoms with Crippen LogP contribution in [0.2, 0.25) is 5.02 Å². The van der Waals surface area contributed by atoms with Crippen molar-refractivity contribution in [2.24, 2.45) is 0 Å². The van der Waals surface area contributed by atoms with Gasteiger partial charge in [-0.2, -0.15) is 0 Å². The molecule has 0 aliphatic heterocycles. The van der Waals surface area contributed by atoms with Crippen LogP contribution in [0.4, 0.5) is 10.1 Å². The van der Waals surface area contributed by atoms with E-state index in [0.717, 1.165) is 5.56 Å². The van der Waals surface area contributed by atoms with Gasteiger partial charge in [0.1, 0.15) is 23.9 Å². The van der Waals surface area contributed by atoms with E-state index in [1.165, 1.54) is 24.3 Å². The molecule has 3 aromatic carbocycles. The molecule has 1 N–H and O–H groups in total. The van der Waals surface area contributed by atoms with Gasteiger partial charge < -0.3 is 14.8 Å². The number of carbonyl (C=O) groups is 1. The number of nitrogens with one attached hydrogen (secondary N) is 1. The molecule has 0 aromatic heterocycles. The Balaban J connectivity index is 1.76. The fraction of sp³-hybridized carbons (Fsp3) is 0.136. The van der Waals surface area contributed by atoms with Gasteiger partial charge >= 0.3 is 0 Å². The molecule has 144 valence electrons. The molecule has 0 heterocycles. The average Bonchev–Trinajstić information content (AvgIpc) is 2.70. The molecule has 0 aliphatic rings. The summed E-state index contributed by atoms with van der Waals surface area (Å²) in [4.78, 5) is 12.5. The molecule has 6 heteroatoms. The molecule has 0 atom stereocenters. The molecule has 3 rings (SSSR count). The molecular formula is C22H19ClFNO3. The van der Waals surface area contributed by atoms with E-state index in [-0.39, 0.29) is 18.3 Å². The quantitative estimate of drug-likeness (QED) is 0.553. The van der Waals surface area contributed by atoms with E-state index < -0.39 is 0 Å². The third-order valence-electron chi connectivity index (χ3n) is 3.93. The first-order valence-electron chi connectivity index (χ1n) is 8.76. The minimum Gasteiger partial charge on any atom is -0.493 e. The zero-order valence-electron chi connectivity index (χ0n) is 15.2. The van der Waals surface area contributed by atoms with Crippen LogP contribution in [0.1, 0.15) is 22.8 Å². The summed E-state index contributed by atoms with van der Waals surface area (Å²) in [5, 5.41) is 3.37. The fourth-order valence-corrected chi connectivity index (χ4v) is 2.68. The van der Waals surface area contributed by atoms with Crippen molar-refractivity contribution in [1.29, 1.82) is 0 Å². The van der Waals surface area contributed by atoms with E-state index in [2.05, 4.69) is 5.32 Å². The van der Waals surface area contributed by atoms with Crippen molar-refractivity contribution < 1.29 is 18.7 Å². The number of ether oxygens (including phenoxy) is 2. The zero-order chi connectivity index (χ0) is 19.9. The first kappa shape index (κ1) is 19.7. The van der Waals surface area contributed by atoms with E-state index >= 15 is 0 Å². The summed E-state index contributed by atoms with van der Waals surface area (Å²) in [6, 6.07) is 17.8. The van der Waals surface area contributed by atoms with Crippen molar-refractivity contribution in [2.45, 2.75) is 13.5 Å². The third-order valence-corrected chi connectivity index (χ3v) is 4.18. The van der Waals surface area contributed by atoms with Crippen molar-refractivity contribution in [3.8, 4) is 11.5 Å². The summed E-state index contributed by atoms with van der Waals surface area (Å²) in [6.45, 7) is 2.61. The van der Waals surface area contributed by atoms with Crippen molar-refractivity contribution >= 4 is 23.2 Å². The van der Waals surface area contributed by atoms with Crippen LogP contribution in [0.3, 0.4) is 0 Å². The van der Waals surface area contributed by atoms with E-state index in [4.69, 9.17) is 21.1 Å². The van der Waals surface area contributed by atoms with Crippen LogP contribution in [0.25, 0.3) is 0 Å². The first-order chi connectivity index (χ1) is 13.5. The van der Waals surface area contributed by atoms with Crippen LogP contribution in [-0.2, 0) is 6.61 Å². The molecule has 0 saturated carbocycles. The molecular weight excluding hydrogens is 381 g/mol. The van der Waals surface area contributed by atoms with E-state index in [9.17, 15) is 9.18 Å². The van der Waals surface area contributed by atoms with Gasteiger partial charge in [-0.25, -0.2) is 4.39 Å². The van der Waals surface area contributed by atoms with Crippen molar-refractivity contribution in [3.05, 3.63) is 88.7 Å². The molecule has 1 amide bonds. The highest BCUT2D eigenvalue weighted by molar-refractivity contribution is 6.30. The molecule has 0 radical (unpaired) electrons. The highest BCUT2D eigenvalue weighted by Gasteiger charge is 2.12. The van der Waals surface area contributed by atoms with E-state index in [0.29, 0.717) is 34.4 Å². The second-order valence-corrected chi connectivity index (χ2v) is 6.40. The van der Waals surface area contributed by atoms with E-state index in [1.807, 2.05) is 6.92 Å². The number of hydrogen-bond acceptors (Lipinski definition) is 3. The number of rotatable bonds is 7. The van der Waals surface area contributed by atoms with Gasteiger partial charge in [0, 0.05) is 21.8 Å². The van der Waals surface area contributed by atoms with E-state index in [1.54, 1.807) is 42.5 Å². The maximum Gasteiger partial charge on any atom is 0.255 e. The summed E-state index contributed by atoms with van der Waals surface area (Å²) < 4.78 is 24.4. The summed E-state index contributed by atoms with van der Waals surface area (Å²) in [5.74, 6) is 0.644. The maximum absolute atomic E-state index is 13.0. The van der Waals surface area contributed by atoms with Gasteiger partial charge in [-0.15, -0.1) is 0 Å². The molecule has 0 spiro atoms. The second kappa shape index (κ2) is 9.24. The Morgan fingerprint density at radius 1 is 1.00 bits per heavy atom. The Hall–Kier alpha value is -3.05. The Morgan fingerprint density at radius 3 is 2.39 bits per heavy atom. The van der Waals surface area contributed by atoms with Crippen molar-refractivity contribution in [1.82, 2.24) is 0 Å². The zero-order valence-corrected chi connectivity index (χ0v) is 16.0. The predicted molar refractivity (Wildman–Crippen MR) is 108 cm³/mol. The number of carbonyl (C=O) groups excluding carboxylic acids is 1. The largest absolute Gasteiger partial charge is 0.493 e. The highest BCUT2D eigenvalue weighted by Crippen LogP contribution is 2.24. The van der Waals surface area contributed by atoms with Gasteiger partial charge in [-0.05, 0) is 73.7 Å². The van der Waals surface area contributed by atoms with Gasteiger partial charge in [-0.1, -0.05) is 11.6 Å². The lowest BCUT2D eigenvalue weighted by Crippen LogP contribution is -2.13. The molecule has 0 saturated heterocycles. The summed E-state index contributed by atoms with van der Waals surface area (Å²) >= 11 is 5.89. The van der Waals surface area contributed by atoms with Crippen LogP contribution in [0.5, 0.6) is 11.5 Å². The third kappa shape index (κ3) is 5.24. The number of benzene rings is 3. The minimum atomic E-state index is -0.360. The van der Waals surface area contributed by atoms with Gasteiger partial charge in [0.25, 0.3) is 5.91 Å². The Labute approximate surface area is 167 Å². The molecule has 0 unspecified atom stereocenters. The smallest absolute Gasteiger partial charge is 0.255 e. The molecule has 3 aromatic rings. The van der Waals surface area contributed by atoms with Crippen LogP contribution in [0, 0.1) is 5.82 Å². The van der Waals surface area contributed by atoms with Gasteiger partial charge in [0.05, 0.1) is 6.61 Å². The lowest BCUT2D eigenvalue weighted by atomic mass is 10.1. The number of amides is 1. The maximum atomic E-state index is 13.0. The first-order valence-corrected chi connectivity index (χ1v) is 9.14. The standard InChI is InChI=1S/C22H19ClFNO3/c1-2-27-21-12-3-15(22(26)25-19-8-6-18(24)7-9-19)13-16(21)14-28-20-10-4-17(23)5-11-20/h3-13H,2,14H2,1H3,(H,25,26). The van der Waals surface area contributed by atoms with Crippen LogP contribution >= 0.6 is 11.6 Å². The Kier molecular flexibility index (Phi) is 6.50. The fourth-order valence-electron chi connectivity index (χ4n) is 2.56.